The zero-order valence-electron chi connectivity index (χ0n) is 15.7. The van der Waals surface area contributed by atoms with Crippen molar-refractivity contribution >= 4 is 28.4 Å². The molecule has 0 spiro atoms. The quantitative estimate of drug-likeness (QED) is 0.528. The van der Waals surface area contributed by atoms with Gasteiger partial charge in [0.25, 0.3) is 11.8 Å². The second-order valence-corrected chi connectivity index (χ2v) is 6.42. The minimum Gasteiger partial charge on any atom is -0.355 e. The molecule has 150 valence electrons. The molecule has 0 atom stereocenters. The number of aromatic nitrogens is 2. The summed E-state index contributed by atoms with van der Waals surface area (Å²) in [6.45, 7) is 0. The molecule has 2 amide bonds. The van der Waals surface area contributed by atoms with Crippen molar-refractivity contribution < 1.29 is 9.59 Å². The van der Waals surface area contributed by atoms with Crippen LogP contribution in [0.4, 0.5) is 5.69 Å². The van der Waals surface area contributed by atoms with Gasteiger partial charge in [-0.3, -0.25) is 14.6 Å². The molecule has 0 aliphatic rings. The molecule has 2 N–H and O–H groups in total. The van der Waals surface area contributed by atoms with E-state index >= 15 is 0 Å². The van der Waals surface area contributed by atoms with Crippen LogP contribution in [0.2, 0.25) is 0 Å². The minimum absolute atomic E-state index is 0. The van der Waals surface area contributed by atoms with Gasteiger partial charge in [-0.15, -0.1) is 0 Å². The SMILES string of the molecule is C.CNC(=O)c1ccc(NC(=O)c2cc(-c3cccnc3)nc3ccccc23)cc1. The molecule has 2 heterocycles. The van der Waals surface area contributed by atoms with Gasteiger partial charge in [0.15, 0.2) is 0 Å². The fourth-order valence-electron chi connectivity index (χ4n) is 3.07. The molecule has 2 aromatic heterocycles. The predicted molar refractivity (Wildman–Crippen MR) is 119 cm³/mol. The molecule has 0 saturated carbocycles. The number of amides is 2. The number of benzene rings is 2. The van der Waals surface area contributed by atoms with Crippen molar-refractivity contribution in [3.63, 3.8) is 0 Å². The molecule has 6 nitrogen and oxygen atoms in total. The average molecular weight is 398 g/mol. The topological polar surface area (TPSA) is 84.0 Å². The summed E-state index contributed by atoms with van der Waals surface area (Å²) in [4.78, 5) is 33.5. The van der Waals surface area contributed by atoms with Crippen LogP contribution < -0.4 is 10.6 Å². The van der Waals surface area contributed by atoms with Crippen molar-refractivity contribution in [1.82, 2.24) is 15.3 Å². The summed E-state index contributed by atoms with van der Waals surface area (Å²) in [6.07, 6.45) is 3.41. The number of rotatable bonds is 4. The fraction of sp³-hybridized carbons (Fsp3) is 0.0833. The van der Waals surface area contributed by atoms with Gasteiger partial charge in [0.1, 0.15) is 0 Å². The zero-order valence-corrected chi connectivity index (χ0v) is 15.7. The fourth-order valence-corrected chi connectivity index (χ4v) is 3.07. The third-order valence-electron chi connectivity index (χ3n) is 4.55. The van der Waals surface area contributed by atoms with E-state index in [1.165, 1.54) is 0 Å². The molecule has 30 heavy (non-hydrogen) atoms. The molecule has 0 bridgehead atoms. The molecular weight excluding hydrogens is 376 g/mol. The number of anilines is 1. The van der Waals surface area contributed by atoms with E-state index in [2.05, 4.69) is 20.6 Å². The number of carbonyl (C=O) groups excluding carboxylic acids is 2. The van der Waals surface area contributed by atoms with E-state index < -0.39 is 0 Å². The van der Waals surface area contributed by atoms with Crippen LogP contribution in [0.15, 0.2) is 79.1 Å². The van der Waals surface area contributed by atoms with E-state index in [-0.39, 0.29) is 19.2 Å². The van der Waals surface area contributed by atoms with Crippen LogP contribution in [0.5, 0.6) is 0 Å². The lowest BCUT2D eigenvalue weighted by Gasteiger charge is -2.11. The molecule has 0 aliphatic carbocycles. The van der Waals surface area contributed by atoms with Gasteiger partial charge in [0.05, 0.1) is 16.8 Å². The maximum atomic E-state index is 13.1. The normalized spacial score (nSPS) is 10.2. The average Bonchev–Trinajstić information content (AvgIpc) is 2.78. The van der Waals surface area contributed by atoms with Crippen molar-refractivity contribution in [1.29, 1.82) is 0 Å². The van der Waals surface area contributed by atoms with Crippen molar-refractivity contribution in [2.75, 3.05) is 12.4 Å². The van der Waals surface area contributed by atoms with Crippen molar-refractivity contribution in [2.24, 2.45) is 0 Å². The monoisotopic (exact) mass is 398 g/mol. The Morgan fingerprint density at radius 3 is 2.37 bits per heavy atom. The molecule has 0 saturated heterocycles. The second kappa shape index (κ2) is 8.96. The van der Waals surface area contributed by atoms with Gasteiger partial charge < -0.3 is 10.6 Å². The summed E-state index contributed by atoms with van der Waals surface area (Å²) in [5, 5.41) is 6.23. The lowest BCUT2D eigenvalue weighted by molar-refractivity contribution is 0.0962. The summed E-state index contributed by atoms with van der Waals surface area (Å²) in [7, 11) is 1.58. The molecule has 4 rings (SSSR count). The number of hydrogen-bond donors (Lipinski definition) is 2. The Kier molecular flexibility index (Phi) is 6.17. The van der Waals surface area contributed by atoms with E-state index in [1.54, 1.807) is 49.8 Å². The maximum absolute atomic E-state index is 13.1. The van der Waals surface area contributed by atoms with E-state index in [0.29, 0.717) is 22.5 Å². The number of fused-ring (bicyclic) bond motifs is 1. The van der Waals surface area contributed by atoms with Gasteiger partial charge in [-0.05, 0) is 48.5 Å². The Bertz CT molecular complexity index is 1190. The summed E-state index contributed by atoms with van der Waals surface area (Å²) < 4.78 is 0. The number of nitrogens with zero attached hydrogens (tertiary/aromatic N) is 2. The zero-order chi connectivity index (χ0) is 20.2. The molecule has 0 aliphatic heterocycles. The molecule has 0 fully saturated rings. The molecule has 0 radical (unpaired) electrons. The molecule has 2 aromatic carbocycles. The van der Waals surface area contributed by atoms with E-state index in [4.69, 9.17) is 0 Å². The Hall–Kier alpha value is -4.06. The Balaban J connectivity index is 0.00000256. The summed E-state index contributed by atoms with van der Waals surface area (Å²) in [5.74, 6) is -0.425. The van der Waals surface area contributed by atoms with Crippen LogP contribution in [-0.2, 0) is 0 Å². The highest BCUT2D eigenvalue weighted by Gasteiger charge is 2.14. The van der Waals surface area contributed by atoms with Crippen LogP contribution in [0.25, 0.3) is 22.2 Å². The van der Waals surface area contributed by atoms with Gasteiger partial charge in [0.2, 0.25) is 0 Å². The molecule has 6 heteroatoms. The highest BCUT2D eigenvalue weighted by molar-refractivity contribution is 6.13. The van der Waals surface area contributed by atoms with Gasteiger partial charge in [-0.1, -0.05) is 25.6 Å². The Labute approximate surface area is 175 Å². The third-order valence-corrected chi connectivity index (χ3v) is 4.55. The third kappa shape index (κ3) is 4.17. The molecule has 4 aromatic rings. The maximum Gasteiger partial charge on any atom is 0.256 e. The number of para-hydroxylation sites is 1. The highest BCUT2D eigenvalue weighted by atomic mass is 16.2. The second-order valence-electron chi connectivity index (χ2n) is 6.42. The first kappa shape index (κ1) is 20.7. The van der Waals surface area contributed by atoms with Crippen LogP contribution >= 0.6 is 0 Å². The van der Waals surface area contributed by atoms with Crippen molar-refractivity contribution in [2.45, 2.75) is 7.43 Å². The summed E-state index contributed by atoms with van der Waals surface area (Å²) in [6, 6.07) is 19.8. The molecular formula is C24H22N4O2. The molecule has 0 unspecified atom stereocenters. The first-order valence-electron chi connectivity index (χ1n) is 9.09. The first-order chi connectivity index (χ1) is 14.2. The van der Waals surface area contributed by atoms with Crippen LogP contribution in [0.3, 0.4) is 0 Å². The number of hydrogen-bond acceptors (Lipinski definition) is 4. The van der Waals surface area contributed by atoms with Crippen LogP contribution in [0.1, 0.15) is 28.1 Å². The number of carbonyl (C=O) groups is 2. The lowest BCUT2D eigenvalue weighted by atomic mass is 10.0. The van der Waals surface area contributed by atoms with E-state index in [1.807, 2.05) is 36.4 Å². The summed E-state index contributed by atoms with van der Waals surface area (Å²) >= 11 is 0. The van der Waals surface area contributed by atoms with Crippen LogP contribution in [-0.4, -0.2) is 28.8 Å². The first-order valence-corrected chi connectivity index (χ1v) is 9.09. The lowest BCUT2D eigenvalue weighted by Crippen LogP contribution is -2.18. The summed E-state index contributed by atoms with van der Waals surface area (Å²) in [5.41, 5.74) is 3.89. The van der Waals surface area contributed by atoms with E-state index in [9.17, 15) is 9.59 Å². The largest absolute Gasteiger partial charge is 0.355 e. The number of pyridine rings is 2. The van der Waals surface area contributed by atoms with E-state index in [0.717, 1.165) is 16.5 Å². The Morgan fingerprint density at radius 1 is 0.900 bits per heavy atom. The van der Waals surface area contributed by atoms with Crippen LogP contribution in [0, 0.1) is 0 Å². The highest BCUT2D eigenvalue weighted by Crippen LogP contribution is 2.25. The van der Waals surface area contributed by atoms with Gasteiger partial charge in [-0.25, -0.2) is 4.98 Å². The van der Waals surface area contributed by atoms with Gasteiger partial charge in [-0.2, -0.15) is 0 Å². The van der Waals surface area contributed by atoms with Crippen molar-refractivity contribution in [3.05, 3.63) is 90.3 Å². The standard InChI is InChI=1S/C23H18N4O2.CH4/c1-24-22(28)15-8-10-17(11-9-15)26-23(29)19-13-21(16-5-4-12-25-14-16)27-20-7-3-2-6-18(19)20;/h2-14H,1H3,(H,24,28)(H,26,29);1H4. The van der Waals surface area contributed by atoms with Gasteiger partial charge in [0, 0.05) is 41.6 Å². The minimum atomic E-state index is -0.249. The van der Waals surface area contributed by atoms with Gasteiger partial charge >= 0.3 is 0 Å². The Morgan fingerprint density at radius 2 is 1.67 bits per heavy atom. The smallest absolute Gasteiger partial charge is 0.256 e. The van der Waals surface area contributed by atoms with Crippen molar-refractivity contribution in [3.8, 4) is 11.3 Å². The predicted octanol–water partition coefficient (Wildman–Crippen LogP) is 4.54. The number of nitrogens with one attached hydrogen (secondary N) is 2.